The number of hydrogen-bond donors (Lipinski definition) is 2. The van der Waals surface area contributed by atoms with Crippen LogP contribution in [0.1, 0.15) is 11.3 Å². The Hall–Kier alpha value is -5.25. The third kappa shape index (κ3) is 3.23. The minimum atomic E-state index is -0.562. The summed E-state index contributed by atoms with van der Waals surface area (Å²) in [5.41, 5.74) is 5.81. The van der Waals surface area contributed by atoms with Crippen molar-refractivity contribution < 1.29 is 4.79 Å². The molecule has 0 aliphatic carbocycles. The highest BCUT2D eigenvalue weighted by atomic mass is 16.2. The van der Waals surface area contributed by atoms with Gasteiger partial charge in [0.05, 0.1) is 17.4 Å². The Morgan fingerprint density at radius 3 is 2.67 bits per heavy atom. The number of carbonyl (C=O) groups excluding carboxylic acids is 1. The van der Waals surface area contributed by atoms with Crippen molar-refractivity contribution in [2.24, 2.45) is 14.1 Å². The number of benzene rings is 1. The highest BCUT2D eigenvalue weighted by Crippen LogP contribution is 2.16. The molecule has 0 saturated heterocycles. The number of amides is 1. The van der Waals surface area contributed by atoms with Gasteiger partial charge in [-0.25, -0.2) is 14.8 Å². The minimum absolute atomic E-state index is 0.0583. The molecule has 0 fully saturated rings. The summed E-state index contributed by atoms with van der Waals surface area (Å²) >= 11 is 0. The van der Waals surface area contributed by atoms with Crippen LogP contribution in [0, 0.1) is 18.3 Å². The Labute approximate surface area is 201 Å². The summed E-state index contributed by atoms with van der Waals surface area (Å²) in [5, 5.41) is 9.95. The van der Waals surface area contributed by atoms with Gasteiger partial charge in [0.2, 0.25) is 5.43 Å². The molecule has 5 rings (SSSR count). The van der Waals surface area contributed by atoms with Crippen molar-refractivity contribution in [2.45, 2.75) is 13.5 Å². The molecule has 1 aromatic carbocycles. The van der Waals surface area contributed by atoms with Crippen molar-refractivity contribution in [2.75, 3.05) is 0 Å². The van der Waals surface area contributed by atoms with Crippen LogP contribution in [0.2, 0.25) is 0 Å². The number of hydrazine groups is 1. The smallest absolute Gasteiger partial charge is 0.307 e. The van der Waals surface area contributed by atoms with Crippen LogP contribution in [0.25, 0.3) is 34.0 Å². The molecule has 0 unspecified atom stereocenters. The van der Waals surface area contributed by atoms with Crippen molar-refractivity contribution >= 4 is 40.0 Å². The van der Waals surface area contributed by atoms with E-state index in [0.29, 0.717) is 16.6 Å². The van der Waals surface area contributed by atoms with Crippen LogP contribution in [0.5, 0.6) is 0 Å². The SMILES string of the molecule is Cc1c(C#N)n2c(nc3ccccc32)c(=O)/c1=C/NNC(=O)Cn1cnc2c(=O)n(C)c(=O)n(C)c21. The molecule has 4 aromatic heterocycles. The number of imidazole rings is 2. The number of carbonyl (C=O) groups is 1. The third-order valence-corrected chi connectivity index (χ3v) is 6.05. The number of nitrogens with one attached hydrogen (secondary N) is 2. The van der Waals surface area contributed by atoms with Crippen LogP contribution in [0.3, 0.4) is 0 Å². The molecule has 0 saturated carbocycles. The second-order valence-electron chi connectivity index (χ2n) is 8.18. The van der Waals surface area contributed by atoms with Gasteiger partial charge in [-0.05, 0) is 24.6 Å². The lowest BCUT2D eigenvalue weighted by atomic mass is 10.1. The molecule has 4 heterocycles. The summed E-state index contributed by atoms with van der Waals surface area (Å²) in [4.78, 5) is 58.6. The number of para-hydroxylation sites is 2. The van der Waals surface area contributed by atoms with E-state index >= 15 is 0 Å². The molecule has 0 aliphatic heterocycles. The summed E-state index contributed by atoms with van der Waals surface area (Å²) in [5.74, 6) is -0.531. The van der Waals surface area contributed by atoms with E-state index in [-0.39, 0.29) is 34.3 Å². The van der Waals surface area contributed by atoms with Gasteiger partial charge in [-0.3, -0.25) is 33.3 Å². The molecule has 36 heavy (non-hydrogen) atoms. The molecular formula is C23H19N9O4. The van der Waals surface area contributed by atoms with Crippen molar-refractivity contribution in [1.82, 2.24) is 38.9 Å². The molecule has 0 spiro atoms. The average molecular weight is 485 g/mol. The summed E-state index contributed by atoms with van der Waals surface area (Å²) in [6.45, 7) is 1.39. The summed E-state index contributed by atoms with van der Waals surface area (Å²) in [6.07, 6.45) is 2.60. The highest BCUT2D eigenvalue weighted by molar-refractivity contribution is 5.82. The largest absolute Gasteiger partial charge is 0.332 e. The fraction of sp³-hybridized carbons (Fsp3) is 0.174. The van der Waals surface area contributed by atoms with Crippen molar-refractivity contribution in [3.63, 3.8) is 0 Å². The summed E-state index contributed by atoms with van der Waals surface area (Å²) in [7, 11) is 2.83. The van der Waals surface area contributed by atoms with Crippen LogP contribution >= 0.6 is 0 Å². The van der Waals surface area contributed by atoms with Gasteiger partial charge in [-0.15, -0.1) is 0 Å². The first-order chi connectivity index (χ1) is 17.2. The van der Waals surface area contributed by atoms with E-state index in [0.717, 1.165) is 4.57 Å². The number of rotatable bonds is 4. The van der Waals surface area contributed by atoms with Crippen molar-refractivity contribution in [3.05, 3.63) is 78.1 Å². The van der Waals surface area contributed by atoms with Gasteiger partial charge in [0.25, 0.3) is 11.5 Å². The molecule has 0 atom stereocenters. The lowest BCUT2D eigenvalue weighted by Gasteiger charge is -2.09. The average Bonchev–Trinajstić information content (AvgIpc) is 3.46. The Kier molecular flexibility index (Phi) is 5.14. The zero-order chi connectivity index (χ0) is 25.7. The predicted octanol–water partition coefficient (Wildman–Crippen LogP) is -1.45. The van der Waals surface area contributed by atoms with Crippen molar-refractivity contribution in [1.29, 1.82) is 5.26 Å². The van der Waals surface area contributed by atoms with E-state index in [2.05, 4.69) is 26.9 Å². The van der Waals surface area contributed by atoms with Gasteiger partial charge in [0.15, 0.2) is 11.2 Å². The molecule has 1 amide bonds. The van der Waals surface area contributed by atoms with Crippen LogP contribution in [0.15, 0.2) is 45.0 Å². The van der Waals surface area contributed by atoms with Crippen LogP contribution < -0.4 is 32.7 Å². The van der Waals surface area contributed by atoms with Gasteiger partial charge < -0.3 is 9.99 Å². The van der Waals surface area contributed by atoms with Crippen LogP contribution in [0.4, 0.5) is 0 Å². The van der Waals surface area contributed by atoms with Gasteiger partial charge in [-0.1, -0.05) is 12.1 Å². The van der Waals surface area contributed by atoms with Gasteiger partial charge in [-0.2, -0.15) is 5.26 Å². The first-order valence-corrected chi connectivity index (χ1v) is 10.7. The molecule has 0 bridgehead atoms. The van der Waals surface area contributed by atoms with Gasteiger partial charge in [0, 0.05) is 25.5 Å². The number of nitriles is 1. The molecule has 180 valence electrons. The molecule has 13 nitrogen and oxygen atoms in total. The number of aryl methyl sites for hydroxylation is 1. The molecule has 13 heteroatoms. The zero-order valence-electron chi connectivity index (χ0n) is 19.4. The molecular weight excluding hydrogens is 466 g/mol. The Balaban J connectivity index is 1.47. The lowest BCUT2D eigenvalue weighted by Crippen LogP contribution is -2.41. The van der Waals surface area contributed by atoms with E-state index in [9.17, 15) is 24.4 Å². The molecule has 2 N–H and O–H groups in total. The normalized spacial score (nSPS) is 11.9. The number of pyridine rings is 1. The minimum Gasteiger partial charge on any atom is -0.307 e. The summed E-state index contributed by atoms with van der Waals surface area (Å²) in [6, 6.07) is 9.26. The first-order valence-electron chi connectivity index (χ1n) is 10.7. The quantitative estimate of drug-likeness (QED) is 0.292. The predicted molar refractivity (Wildman–Crippen MR) is 130 cm³/mol. The maximum absolute atomic E-state index is 13.1. The highest BCUT2D eigenvalue weighted by Gasteiger charge is 2.17. The summed E-state index contributed by atoms with van der Waals surface area (Å²) < 4.78 is 5.07. The zero-order valence-corrected chi connectivity index (χ0v) is 19.4. The number of nitrogens with zero attached hydrogens (tertiary/aromatic N) is 7. The van der Waals surface area contributed by atoms with E-state index in [1.54, 1.807) is 31.2 Å². The topological polar surface area (TPSA) is 161 Å². The Bertz CT molecular complexity index is 2000. The number of aromatic nitrogens is 6. The Morgan fingerprint density at radius 1 is 1.17 bits per heavy atom. The monoisotopic (exact) mass is 485 g/mol. The number of hydrogen-bond acceptors (Lipinski definition) is 8. The maximum Gasteiger partial charge on any atom is 0.332 e. The Morgan fingerprint density at radius 2 is 1.92 bits per heavy atom. The standard InChI is InChI=1S/C23H19N9O4/c1-12-13(19(34)20-27-14-6-4-5-7-15(14)32(20)16(12)8-24)9-26-28-17(33)10-31-11-25-18-21(31)29(2)23(36)30(3)22(18)35/h4-7,9,11,26H,10H2,1-3H3,(H,28,33)/b13-9+. The second kappa shape index (κ2) is 8.20. The third-order valence-electron chi connectivity index (χ3n) is 6.05. The lowest BCUT2D eigenvalue weighted by molar-refractivity contribution is -0.122. The van der Waals surface area contributed by atoms with Crippen LogP contribution in [-0.4, -0.2) is 34.0 Å². The van der Waals surface area contributed by atoms with Gasteiger partial charge in [0.1, 0.15) is 24.0 Å². The molecule has 0 radical (unpaired) electrons. The van der Waals surface area contributed by atoms with E-state index in [4.69, 9.17) is 0 Å². The molecule has 0 aliphatic rings. The van der Waals surface area contributed by atoms with Crippen LogP contribution in [-0.2, 0) is 25.4 Å². The van der Waals surface area contributed by atoms with Gasteiger partial charge >= 0.3 is 5.69 Å². The van der Waals surface area contributed by atoms with E-state index < -0.39 is 22.6 Å². The maximum atomic E-state index is 13.1. The van der Waals surface area contributed by atoms with Crippen molar-refractivity contribution in [3.8, 4) is 6.07 Å². The molecule has 5 aromatic rings. The van der Waals surface area contributed by atoms with E-state index in [1.807, 2.05) is 0 Å². The second-order valence-corrected chi connectivity index (χ2v) is 8.18. The fourth-order valence-electron chi connectivity index (χ4n) is 4.24. The van der Waals surface area contributed by atoms with E-state index in [1.165, 1.54) is 40.2 Å². The first kappa shape index (κ1) is 22.5. The number of fused-ring (bicyclic) bond motifs is 4. The fourth-order valence-corrected chi connectivity index (χ4v) is 4.24.